The van der Waals surface area contributed by atoms with Crippen molar-refractivity contribution in [1.29, 1.82) is 0 Å². The summed E-state index contributed by atoms with van der Waals surface area (Å²) in [6.07, 6.45) is 9.49. The molecule has 0 saturated heterocycles. The SMILES string of the molecule is CCCCCCC(C)(C)c1cc(OC)c([C@@]2(O)C3(C)CCC(C3)C2(C)C)c(OC)c1. The molecule has 2 bridgehead atoms. The van der Waals surface area contributed by atoms with E-state index >= 15 is 0 Å². The van der Waals surface area contributed by atoms with Crippen LogP contribution in [0.25, 0.3) is 0 Å². The summed E-state index contributed by atoms with van der Waals surface area (Å²) in [7, 11) is 3.45. The molecule has 1 aromatic rings. The van der Waals surface area contributed by atoms with Gasteiger partial charge in [0.2, 0.25) is 0 Å². The smallest absolute Gasteiger partial charge is 0.129 e. The highest BCUT2D eigenvalue weighted by Crippen LogP contribution is 2.73. The molecule has 0 radical (unpaired) electrons. The molecule has 170 valence electrons. The fourth-order valence-electron chi connectivity index (χ4n) is 6.68. The van der Waals surface area contributed by atoms with Crippen LogP contribution in [-0.2, 0) is 11.0 Å². The quantitative estimate of drug-likeness (QED) is 0.441. The second-order valence-corrected chi connectivity index (χ2v) is 11.4. The molecule has 30 heavy (non-hydrogen) atoms. The number of hydrogen-bond donors (Lipinski definition) is 1. The van der Waals surface area contributed by atoms with E-state index < -0.39 is 5.60 Å². The van der Waals surface area contributed by atoms with E-state index in [9.17, 15) is 5.11 Å². The topological polar surface area (TPSA) is 38.7 Å². The van der Waals surface area contributed by atoms with Crippen LogP contribution in [0, 0.1) is 16.7 Å². The Hall–Kier alpha value is -1.22. The summed E-state index contributed by atoms with van der Waals surface area (Å²) in [5.41, 5.74) is 0.766. The van der Waals surface area contributed by atoms with Crippen molar-refractivity contribution >= 4 is 0 Å². The lowest BCUT2D eigenvalue weighted by atomic mass is 9.57. The van der Waals surface area contributed by atoms with Crippen molar-refractivity contribution in [3.63, 3.8) is 0 Å². The monoisotopic (exact) mass is 416 g/mol. The van der Waals surface area contributed by atoms with Crippen LogP contribution in [0.4, 0.5) is 0 Å². The molecule has 0 heterocycles. The lowest BCUT2D eigenvalue weighted by Gasteiger charge is -2.51. The fourth-order valence-corrected chi connectivity index (χ4v) is 6.68. The number of ether oxygens (including phenoxy) is 2. The average molecular weight is 417 g/mol. The van der Waals surface area contributed by atoms with E-state index in [1.165, 1.54) is 37.7 Å². The number of unbranched alkanes of at least 4 members (excludes halogenated alkanes) is 3. The van der Waals surface area contributed by atoms with Crippen molar-refractivity contribution in [3.05, 3.63) is 23.3 Å². The average Bonchev–Trinajstić information content (AvgIpc) is 3.18. The predicted octanol–water partition coefficient (Wildman–Crippen LogP) is 6.99. The molecule has 2 aliphatic rings. The van der Waals surface area contributed by atoms with E-state index in [4.69, 9.17) is 9.47 Å². The van der Waals surface area contributed by atoms with Crippen LogP contribution in [0.15, 0.2) is 12.1 Å². The molecule has 2 fully saturated rings. The Labute approximate surface area is 184 Å². The molecule has 3 nitrogen and oxygen atoms in total. The minimum absolute atomic E-state index is 0.0313. The highest BCUT2D eigenvalue weighted by atomic mass is 16.5. The second-order valence-electron chi connectivity index (χ2n) is 11.4. The van der Waals surface area contributed by atoms with Crippen molar-refractivity contribution in [3.8, 4) is 11.5 Å². The van der Waals surface area contributed by atoms with Crippen molar-refractivity contribution in [1.82, 2.24) is 0 Å². The molecule has 1 aromatic carbocycles. The minimum Gasteiger partial charge on any atom is -0.496 e. The van der Waals surface area contributed by atoms with Gasteiger partial charge >= 0.3 is 0 Å². The molecule has 0 spiro atoms. The summed E-state index contributed by atoms with van der Waals surface area (Å²) in [5.74, 6) is 2.07. The maximum absolute atomic E-state index is 12.4. The largest absolute Gasteiger partial charge is 0.496 e. The first-order valence-electron chi connectivity index (χ1n) is 12.0. The summed E-state index contributed by atoms with van der Waals surface area (Å²) in [4.78, 5) is 0. The maximum Gasteiger partial charge on any atom is 0.129 e. The Balaban J connectivity index is 2.07. The summed E-state index contributed by atoms with van der Waals surface area (Å²) in [6.45, 7) is 13.6. The van der Waals surface area contributed by atoms with Crippen molar-refractivity contribution in [2.75, 3.05) is 14.2 Å². The minimum atomic E-state index is -0.969. The van der Waals surface area contributed by atoms with Gasteiger partial charge in [0.25, 0.3) is 0 Å². The molecule has 3 heteroatoms. The van der Waals surface area contributed by atoms with Crippen LogP contribution in [0.1, 0.15) is 104 Å². The van der Waals surface area contributed by atoms with Crippen LogP contribution in [0.2, 0.25) is 0 Å². The third-order valence-corrected chi connectivity index (χ3v) is 8.87. The lowest BCUT2D eigenvalue weighted by molar-refractivity contribution is -0.152. The van der Waals surface area contributed by atoms with Gasteiger partial charge in [0.1, 0.15) is 17.1 Å². The molecule has 2 aliphatic carbocycles. The number of rotatable bonds is 9. The molecule has 2 saturated carbocycles. The number of fused-ring (bicyclic) bond motifs is 2. The first kappa shape index (κ1) is 23.4. The van der Waals surface area contributed by atoms with Gasteiger partial charge in [-0.1, -0.05) is 67.2 Å². The van der Waals surface area contributed by atoms with Gasteiger partial charge in [-0.3, -0.25) is 0 Å². The first-order chi connectivity index (χ1) is 14.0. The summed E-state index contributed by atoms with van der Waals surface area (Å²) >= 11 is 0. The maximum atomic E-state index is 12.4. The normalized spacial score (nSPS) is 30.0. The third-order valence-electron chi connectivity index (χ3n) is 8.87. The molecular formula is C27H44O3. The van der Waals surface area contributed by atoms with Gasteiger partial charge in [-0.15, -0.1) is 0 Å². The summed E-state index contributed by atoms with van der Waals surface area (Å²) < 4.78 is 11.9. The first-order valence-corrected chi connectivity index (χ1v) is 12.0. The number of hydrogen-bond acceptors (Lipinski definition) is 3. The second kappa shape index (κ2) is 8.04. The standard InChI is InChI=1S/C27H44O3/c1-9-10-11-12-14-24(2,3)20-16-21(29-7)23(22(17-20)30-8)27(28)25(4,5)19-13-15-26(27,6)18-19/h16-17,19,28H,9-15,18H2,1-8H3/t19?,26?,27-/m0/s1. The zero-order valence-corrected chi connectivity index (χ0v) is 20.7. The Morgan fingerprint density at radius 3 is 2.10 bits per heavy atom. The summed E-state index contributed by atoms with van der Waals surface area (Å²) in [6, 6.07) is 4.34. The zero-order chi connectivity index (χ0) is 22.4. The van der Waals surface area contributed by atoms with E-state index in [2.05, 4.69) is 53.7 Å². The molecule has 0 aromatic heterocycles. The summed E-state index contributed by atoms with van der Waals surface area (Å²) in [5, 5.41) is 12.4. The highest BCUT2D eigenvalue weighted by molar-refractivity contribution is 5.55. The van der Waals surface area contributed by atoms with Gasteiger partial charge < -0.3 is 14.6 Å². The Bertz CT molecular complexity index is 734. The van der Waals surface area contributed by atoms with Gasteiger partial charge in [-0.25, -0.2) is 0 Å². The molecule has 3 rings (SSSR count). The predicted molar refractivity (Wildman–Crippen MR) is 124 cm³/mol. The molecule has 2 unspecified atom stereocenters. The van der Waals surface area contributed by atoms with Gasteiger partial charge in [0.05, 0.1) is 19.8 Å². The van der Waals surface area contributed by atoms with Crippen LogP contribution < -0.4 is 9.47 Å². The van der Waals surface area contributed by atoms with Gasteiger partial charge in [0, 0.05) is 10.8 Å². The zero-order valence-electron chi connectivity index (χ0n) is 20.7. The number of aliphatic hydroxyl groups is 1. The lowest BCUT2D eigenvalue weighted by Crippen LogP contribution is -2.51. The van der Waals surface area contributed by atoms with E-state index in [1.807, 2.05) is 0 Å². The number of benzene rings is 1. The molecule has 3 atom stereocenters. The highest BCUT2D eigenvalue weighted by Gasteiger charge is 2.70. The third kappa shape index (κ3) is 3.36. The Kier molecular flexibility index (Phi) is 6.28. The Morgan fingerprint density at radius 2 is 1.63 bits per heavy atom. The van der Waals surface area contributed by atoms with Crippen molar-refractivity contribution in [2.24, 2.45) is 16.7 Å². The van der Waals surface area contributed by atoms with Crippen molar-refractivity contribution in [2.45, 2.75) is 104 Å². The van der Waals surface area contributed by atoms with E-state index in [-0.39, 0.29) is 16.2 Å². The van der Waals surface area contributed by atoms with E-state index in [0.29, 0.717) is 5.92 Å². The van der Waals surface area contributed by atoms with Crippen LogP contribution in [-0.4, -0.2) is 19.3 Å². The molecule has 1 N–H and O–H groups in total. The van der Waals surface area contributed by atoms with Crippen molar-refractivity contribution < 1.29 is 14.6 Å². The van der Waals surface area contributed by atoms with Crippen LogP contribution in [0.3, 0.4) is 0 Å². The molecule has 0 aliphatic heterocycles. The molecular weight excluding hydrogens is 372 g/mol. The van der Waals surface area contributed by atoms with Gasteiger partial charge in [0.15, 0.2) is 0 Å². The van der Waals surface area contributed by atoms with Crippen LogP contribution >= 0.6 is 0 Å². The Morgan fingerprint density at radius 1 is 1.03 bits per heavy atom. The van der Waals surface area contributed by atoms with E-state index in [0.717, 1.165) is 36.3 Å². The number of methoxy groups -OCH3 is 2. The molecule has 0 amide bonds. The van der Waals surface area contributed by atoms with Gasteiger partial charge in [-0.2, -0.15) is 0 Å². The fraction of sp³-hybridized carbons (Fsp3) is 0.778. The van der Waals surface area contributed by atoms with Crippen LogP contribution in [0.5, 0.6) is 11.5 Å². The van der Waals surface area contributed by atoms with E-state index in [1.54, 1.807) is 14.2 Å². The van der Waals surface area contributed by atoms with Gasteiger partial charge in [-0.05, 0) is 54.7 Å².